The molecule has 0 aromatic heterocycles. The number of carboxylic acid groups (broad SMARTS) is 1. The zero-order valence-electron chi connectivity index (χ0n) is 12.1. The molecule has 0 atom stereocenters. The molecule has 0 aromatic rings. The molecule has 6 nitrogen and oxygen atoms in total. The minimum Gasteiger partial charge on any atom is -0.480 e. The Balaban J connectivity index is 2.48. The Morgan fingerprint density at radius 3 is 2.47 bits per heavy atom. The normalized spacial score (nSPS) is 17.9. The molecule has 0 unspecified atom stereocenters. The van der Waals surface area contributed by atoms with E-state index in [1.165, 1.54) is 0 Å². The van der Waals surface area contributed by atoms with Gasteiger partial charge in [0.15, 0.2) is 0 Å². The van der Waals surface area contributed by atoms with Crippen LogP contribution in [-0.2, 0) is 4.79 Å². The highest BCUT2D eigenvalue weighted by Gasteiger charge is 2.24. The lowest BCUT2D eigenvalue weighted by Gasteiger charge is -2.29. The summed E-state index contributed by atoms with van der Waals surface area (Å²) in [4.78, 5) is 26.5. The van der Waals surface area contributed by atoms with E-state index in [4.69, 9.17) is 5.11 Å². The average Bonchev–Trinajstić information content (AvgIpc) is 2.53. The van der Waals surface area contributed by atoms with Crippen molar-refractivity contribution >= 4 is 12.0 Å². The fraction of sp³-hybridized carbons (Fsp3) is 0.846. The summed E-state index contributed by atoms with van der Waals surface area (Å²) in [6, 6.07) is -0.0518. The first-order valence-corrected chi connectivity index (χ1v) is 6.85. The second-order valence-corrected chi connectivity index (χ2v) is 5.68. The minimum absolute atomic E-state index is 0.0515. The van der Waals surface area contributed by atoms with Gasteiger partial charge in [0, 0.05) is 31.7 Å². The number of hydrogen-bond donors (Lipinski definition) is 2. The molecule has 2 amide bonds. The zero-order valence-corrected chi connectivity index (χ0v) is 12.1. The van der Waals surface area contributed by atoms with Gasteiger partial charge in [0.2, 0.25) is 0 Å². The highest BCUT2D eigenvalue weighted by molar-refractivity contribution is 5.75. The molecular formula is C13H25N3O3. The third kappa shape index (κ3) is 5.46. The van der Waals surface area contributed by atoms with Gasteiger partial charge in [-0.1, -0.05) is 6.92 Å². The summed E-state index contributed by atoms with van der Waals surface area (Å²) in [6.45, 7) is 8.70. The Morgan fingerprint density at radius 1 is 1.21 bits per heavy atom. The molecule has 110 valence electrons. The van der Waals surface area contributed by atoms with Crippen LogP contribution in [0.4, 0.5) is 4.79 Å². The Kier molecular flexibility index (Phi) is 5.60. The van der Waals surface area contributed by atoms with Crippen LogP contribution < -0.4 is 5.32 Å². The summed E-state index contributed by atoms with van der Waals surface area (Å²) in [5.41, 5.74) is -0.204. The Morgan fingerprint density at radius 2 is 1.89 bits per heavy atom. The molecule has 1 saturated heterocycles. The van der Waals surface area contributed by atoms with Crippen molar-refractivity contribution in [1.82, 2.24) is 15.1 Å². The summed E-state index contributed by atoms with van der Waals surface area (Å²) in [7, 11) is 0. The van der Waals surface area contributed by atoms with Crippen molar-refractivity contribution in [3.05, 3.63) is 0 Å². The highest BCUT2D eigenvalue weighted by Crippen LogP contribution is 2.09. The number of carboxylic acids is 1. The van der Waals surface area contributed by atoms with Crippen molar-refractivity contribution in [2.24, 2.45) is 0 Å². The molecule has 0 bridgehead atoms. The number of amides is 2. The van der Waals surface area contributed by atoms with Crippen LogP contribution in [0.1, 0.15) is 33.6 Å². The molecule has 1 rings (SSSR count). The lowest BCUT2D eigenvalue weighted by molar-refractivity contribution is -0.138. The van der Waals surface area contributed by atoms with E-state index in [0.29, 0.717) is 19.6 Å². The molecule has 1 aliphatic heterocycles. The SMILES string of the molecule is CCC(C)(C)NC(=O)N1CCCN(CC(=O)O)CC1. The monoisotopic (exact) mass is 271 g/mol. The quantitative estimate of drug-likeness (QED) is 0.799. The lowest BCUT2D eigenvalue weighted by Crippen LogP contribution is -2.50. The molecule has 1 heterocycles. The first-order valence-electron chi connectivity index (χ1n) is 6.85. The molecule has 6 heteroatoms. The van der Waals surface area contributed by atoms with Crippen molar-refractivity contribution in [1.29, 1.82) is 0 Å². The van der Waals surface area contributed by atoms with Crippen LogP contribution in [0, 0.1) is 0 Å². The largest absolute Gasteiger partial charge is 0.480 e. The van der Waals surface area contributed by atoms with Crippen molar-refractivity contribution in [3.63, 3.8) is 0 Å². The van der Waals surface area contributed by atoms with Crippen LogP contribution in [0.3, 0.4) is 0 Å². The number of urea groups is 1. The number of aliphatic carboxylic acids is 1. The van der Waals surface area contributed by atoms with Crippen LogP contribution >= 0.6 is 0 Å². The third-order valence-corrected chi connectivity index (χ3v) is 3.56. The van der Waals surface area contributed by atoms with Crippen LogP contribution in [0.15, 0.2) is 0 Å². The number of carbonyl (C=O) groups excluding carboxylic acids is 1. The van der Waals surface area contributed by atoms with Crippen molar-refractivity contribution in [2.45, 2.75) is 39.2 Å². The second-order valence-electron chi connectivity index (χ2n) is 5.68. The number of nitrogens with one attached hydrogen (secondary N) is 1. The molecular weight excluding hydrogens is 246 g/mol. The fourth-order valence-electron chi connectivity index (χ4n) is 1.98. The molecule has 1 fully saturated rings. The lowest BCUT2D eigenvalue weighted by atomic mass is 10.0. The van der Waals surface area contributed by atoms with Gasteiger partial charge in [-0.3, -0.25) is 9.69 Å². The average molecular weight is 271 g/mol. The highest BCUT2D eigenvalue weighted by atomic mass is 16.4. The minimum atomic E-state index is -0.815. The number of hydrogen-bond acceptors (Lipinski definition) is 3. The van der Waals surface area contributed by atoms with Gasteiger partial charge in [0.05, 0.1) is 6.54 Å². The first kappa shape index (κ1) is 15.8. The van der Waals surface area contributed by atoms with Gasteiger partial charge in [-0.2, -0.15) is 0 Å². The summed E-state index contributed by atoms with van der Waals surface area (Å²) < 4.78 is 0. The summed E-state index contributed by atoms with van der Waals surface area (Å²) in [5, 5.41) is 11.8. The van der Waals surface area contributed by atoms with Crippen LogP contribution in [0.2, 0.25) is 0 Å². The van der Waals surface area contributed by atoms with Gasteiger partial charge in [-0.15, -0.1) is 0 Å². The van der Waals surface area contributed by atoms with E-state index in [1.807, 2.05) is 25.7 Å². The standard InChI is InChI=1S/C13H25N3O3/c1-4-13(2,3)14-12(19)16-7-5-6-15(8-9-16)10-11(17)18/h4-10H2,1-3H3,(H,14,19)(H,17,18). The van der Waals surface area contributed by atoms with Crippen molar-refractivity contribution in [3.8, 4) is 0 Å². The zero-order chi connectivity index (χ0) is 14.5. The first-order chi connectivity index (χ1) is 8.84. The Bertz CT molecular complexity index is 331. The van der Waals surface area contributed by atoms with E-state index < -0.39 is 5.97 Å². The van der Waals surface area contributed by atoms with Gasteiger partial charge in [-0.05, 0) is 26.7 Å². The number of carbonyl (C=O) groups is 2. The van der Waals surface area contributed by atoms with E-state index in [2.05, 4.69) is 5.32 Å². The van der Waals surface area contributed by atoms with Gasteiger partial charge in [0.1, 0.15) is 0 Å². The summed E-state index contributed by atoms with van der Waals surface area (Å²) >= 11 is 0. The third-order valence-electron chi connectivity index (χ3n) is 3.56. The molecule has 0 aliphatic carbocycles. The topological polar surface area (TPSA) is 72.9 Å². The van der Waals surface area contributed by atoms with E-state index >= 15 is 0 Å². The Hall–Kier alpha value is -1.30. The van der Waals surface area contributed by atoms with E-state index in [9.17, 15) is 9.59 Å². The van der Waals surface area contributed by atoms with Gasteiger partial charge >= 0.3 is 12.0 Å². The van der Waals surface area contributed by atoms with E-state index in [1.54, 1.807) is 4.90 Å². The molecule has 0 aromatic carbocycles. The number of nitrogens with zero attached hydrogens (tertiary/aromatic N) is 2. The van der Waals surface area contributed by atoms with Gasteiger partial charge in [0.25, 0.3) is 0 Å². The summed E-state index contributed by atoms with van der Waals surface area (Å²) in [6.07, 6.45) is 1.69. The van der Waals surface area contributed by atoms with Crippen molar-refractivity contribution in [2.75, 3.05) is 32.7 Å². The smallest absolute Gasteiger partial charge is 0.317 e. The predicted octanol–water partition coefficient (Wildman–Crippen LogP) is 0.977. The number of rotatable bonds is 4. The van der Waals surface area contributed by atoms with Gasteiger partial charge < -0.3 is 15.3 Å². The molecule has 0 radical (unpaired) electrons. The molecule has 19 heavy (non-hydrogen) atoms. The maximum absolute atomic E-state index is 12.1. The summed E-state index contributed by atoms with van der Waals surface area (Å²) in [5.74, 6) is -0.815. The van der Waals surface area contributed by atoms with Crippen LogP contribution in [0.25, 0.3) is 0 Å². The Labute approximate surface area is 114 Å². The van der Waals surface area contributed by atoms with Crippen LogP contribution in [-0.4, -0.2) is 65.2 Å². The molecule has 2 N–H and O–H groups in total. The molecule has 1 aliphatic rings. The molecule has 0 spiro atoms. The predicted molar refractivity (Wildman–Crippen MR) is 73.2 cm³/mol. The van der Waals surface area contributed by atoms with Crippen molar-refractivity contribution < 1.29 is 14.7 Å². The second kappa shape index (κ2) is 6.75. The van der Waals surface area contributed by atoms with Gasteiger partial charge in [-0.25, -0.2) is 4.79 Å². The van der Waals surface area contributed by atoms with Crippen LogP contribution in [0.5, 0.6) is 0 Å². The maximum Gasteiger partial charge on any atom is 0.317 e. The maximum atomic E-state index is 12.1. The molecule has 0 saturated carbocycles. The fourth-order valence-corrected chi connectivity index (χ4v) is 1.98. The van der Waals surface area contributed by atoms with E-state index in [-0.39, 0.29) is 18.1 Å². The van der Waals surface area contributed by atoms with E-state index in [0.717, 1.165) is 19.4 Å².